The van der Waals surface area contributed by atoms with Gasteiger partial charge < -0.3 is 10.6 Å². The molecule has 0 saturated carbocycles. The van der Waals surface area contributed by atoms with Crippen molar-refractivity contribution >= 4 is 39.9 Å². The predicted octanol–water partition coefficient (Wildman–Crippen LogP) is 10.1. The van der Waals surface area contributed by atoms with Crippen LogP contribution >= 0.6 is 0 Å². The molecule has 202 valence electrons. The molecule has 3 aromatic rings. The van der Waals surface area contributed by atoms with Crippen LogP contribution in [0.3, 0.4) is 0 Å². The Bertz CT molecular complexity index is 1330. The summed E-state index contributed by atoms with van der Waals surface area (Å²) in [5, 5.41) is 7.13. The van der Waals surface area contributed by atoms with Crippen molar-refractivity contribution in [2.75, 3.05) is 10.6 Å². The van der Waals surface area contributed by atoms with Gasteiger partial charge in [-0.1, -0.05) is 46.8 Å². The average molecular weight is 519 g/mol. The first-order valence-corrected chi connectivity index (χ1v) is 14.1. The number of benzene rings is 3. The van der Waals surface area contributed by atoms with Crippen molar-refractivity contribution in [2.45, 2.75) is 71.8 Å². The molecule has 0 heterocycles. The molecule has 1 aliphatic rings. The molecule has 3 aromatic carbocycles. The number of hydrogen-bond donors (Lipinski definition) is 2. The molecule has 2 N–H and O–H groups in total. The Morgan fingerprint density at radius 3 is 1.36 bits per heavy atom. The molecule has 39 heavy (non-hydrogen) atoms. The molecule has 4 heteroatoms. The Kier molecular flexibility index (Phi) is 8.86. The largest absolute Gasteiger partial charge is 0.380 e. The topological polar surface area (TPSA) is 48.8 Å². The van der Waals surface area contributed by atoms with Gasteiger partial charge in [-0.15, -0.1) is 0 Å². The van der Waals surface area contributed by atoms with Crippen LogP contribution in [0, 0.1) is 0 Å². The van der Waals surface area contributed by atoms with Gasteiger partial charge in [0.25, 0.3) is 0 Å². The van der Waals surface area contributed by atoms with Crippen LogP contribution in [-0.4, -0.2) is 17.0 Å². The molecule has 0 aliphatic heterocycles. The zero-order valence-electron chi connectivity index (χ0n) is 24.3. The van der Waals surface area contributed by atoms with Crippen LogP contribution < -0.4 is 10.6 Å². The number of nitrogens with one attached hydrogen (secondary N) is 2. The Morgan fingerprint density at radius 2 is 0.949 bits per heavy atom. The second kappa shape index (κ2) is 12.3. The highest BCUT2D eigenvalue weighted by atomic mass is 15.0. The van der Waals surface area contributed by atoms with Crippen LogP contribution in [0.4, 0.5) is 28.4 Å². The summed E-state index contributed by atoms with van der Waals surface area (Å²) in [6.45, 7) is 13.5. The van der Waals surface area contributed by atoms with Crippen molar-refractivity contribution in [3.05, 3.63) is 103 Å². The fourth-order valence-electron chi connectivity index (χ4n) is 4.29. The third-order valence-corrected chi connectivity index (χ3v) is 7.95. The summed E-state index contributed by atoms with van der Waals surface area (Å²) in [5.41, 5.74) is 8.60. The van der Waals surface area contributed by atoms with Gasteiger partial charge in [0.2, 0.25) is 0 Å². The van der Waals surface area contributed by atoms with E-state index in [1.54, 1.807) is 0 Å². The van der Waals surface area contributed by atoms with Gasteiger partial charge in [-0.05, 0) is 122 Å². The summed E-state index contributed by atoms with van der Waals surface area (Å²) in [7, 11) is 0. The molecule has 0 atom stereocenters. The van der Waals surface area contributed by atoms with E-state index in [2.05, 4.69) is 113 Å². The summed E-state index contributed by atoms with van der Waals surface area (Å²) >= 11 is 0. The van der Waals surface area contributed by atoms with Gasteiger partial charge in [-0.25, -0.2) is 9.98 Å². The number of rotatable bonds is 10. The number of anilines is 3. The number of allylic oxidation sites excluding steroid dienone is 4. The molecule has 4 rings (SSSR count). The van der Waals surface area contributed by atoms with E-state index >= 15 is 0 Å². The molecular formula is C35H42N4. The fraction of sp³-hybridized carbons (Fsp3) is 0.314. The SMILES string of the molecule is CCC(C)(CC)Nc1ccc(N=C2C=CC(=Nc3ccc(Nc4ccc(C(C)(C)CC)cc4)cc3)C=C2)cc1. The maximum absolute atomic E-state index is 4.77. The maximum atomic E-state index is 4.77. The van der Waals surface area contributed by atoms with E-state index in [1.165, 1.54) is 5.56 Å². The average Bonchev–Trinajstić information content (AvgIpc) is 2.96. The number of aliphatic imine (C=N–C) groups is 2. The van der Waals surface area contributed by atoms with E-state index in [1.807, 2.05) is 36.4 Å². The Labute approximate surface area is 234 Å². The van der Waals surface area contributed by atoms with Gasteiger partial charge in [0, 0.05) is 22.6 Å². The van der Waals surface area contributed by atoms with Gasteiger partial charge in [0.15, 0.2) is 0 Å². The number of nitrogens with zero attached hydrogens (tertiary/aromatic N) is 2. The van der Waals surface area contributed by atoms with Crippen molar-refractivity contribution in [2.24, 2.45) is 9.98 Å². The molecule has 4 nitrogen and oxygen atoms in total. The van der Waals surface area contributed by atoms with E-state index in [9.17, 15) is 0 Å². The van der Waals surface area contributed by atoms with Gasteiger partial charge in [-0.2, -0.15) is 0 Å². The Balaban J connectivity index is 1.35. The molecule has 0 radical (unpaired) electrons. The molecule has 0 saturated heterocycles. The van der Waals surface area contributed by atoms with Crippen LogP contribution in [0.2, 0.25) is 0 Å². The summed E-state index contributed by atoms with van der Waals surface area (Å²) in [6, 6.07) is 25.3. The van der Waals surface area contributed by atoms with Gasteiger partial charge >= 0.3 is 0 Å². The predicted molar refractivity (Wildman–Crippen MR) is 171 cm³/mol. The molecule has 1 aliphatic carbocycles. The highest BCUT2D eigenvalue weighted by molar-refractivity contribution is 6.19. The molecule has 0 fully saturated rings. The Hall–Kier alpha value is -3.92. The van der Waals surface area contributed by atoms with Gasteiger partial charge in [0.05, 0.1) is 22.8 Å². The third-order valence-electron chi connectivity index (χ3n) is 7.95. The lowest BCUT2D eigenvalue weighted by Gasteiger charge is -2.29. The molecule has 0 spiro atoms. The molecular weight excluding hydrogens is 476 g/mol. The minimum Gasteiger partial charge on any atom is -0.380 e. The first-order chi connectivity index (χ1) is 18.7. The molecule has 0 aromatic heterocycles. The minimum absolute atomic E-state index is 0.118. The highest BCUT2D eigenvalue weighted by Gasteiger charge is 2.19. The lowest BCUT2D eigenvalue weighted by atomic mass is 9.82. The lowest BCUT2D eigenvalue weighted by molar-refractivity contribution is 0.478. The molecule has 0 amide bonds. The quantitative estimate of drug-likeness (QED) is 0.262. The van der Waals surface area contributed by atoms with Crippen molar-refractivity contribution in [1.82, 2.24) is 0 Å². The maximum Gasteiger partial charge on any atom is 0.0638 e. The smallest absolute Gasteiger partial charge is 0.0638 e. The van der Waals surface area contributed by atoms with Gasteiger partial charge in [0.1, 0.15) is 0 Å². The van der Waals surface area contributed by atoms with Gasteiger partial charge in [-0.3, -0.25) is 0 Å². The Morgan fingerprint density at radius 1 is 0.538 bits per heavy atom. The summed E-state index contributed by atoms with van der Waals surface area (Å²) in [4.78, 5) is 9.53. The van der Waals surface area contributed by atoms with E-state index in [4.69, 9.17) is 9.98 Å². The van der Waals surface area contributed by atoms with Crippen molar-refractivity contribution in [3.63, 3.8) is 0 Å². The van der Waals surface area contributed by atoms with Crippen molar-refractivity contribution in [3.8, 4) is 0 Å². The van der Waals surface area contributed by atoms with Crippen molar-refractivity contribution < 1.29 is 0 Å². The van der Waals surface area contributed by atoms with E-state index in [0.29, 0.717) is 0 Å². The van der Waals surface area contributed by atoms with Crippen molar-refractivity contribution in [1.29, 1.82) is 0 Å². The second-order valence-electron chi connectivity index (χ2n) is 11.2. The first kappa shape index (κ1) is 28.1. The standard InChI is InChI=1S/C35H42N4/c1-7-34(4,5)26-10-12-27(13-11-26)36-28-14-16-29(17-15-28)37-30-18-20-31(21-19-30)38-32-22-24-33(25-23-32)39-35(6,8-2)9-3/h10-25,36,39H,7-9H2,1-6H3. The lowest BCUT2D eigenvalue weighted by Crippen LogP contribution is -2.32. The summed E-state index contributed by atoms with van der Waals surface area (Å²) in [6.07, 6.45) is 11.3. The van der Waals surface area contributed by atoms with E-state index < -0.39 is 0 Å². The zero-order valence-corrected chi connectivity index (χ0v) is 24.3. The molecule has 0 unspecified atom stereocenters. The van der Waals surface area contributed by atoms with Crippen LogP contribution in [0.5, 0.6) is 0 Å². The van der Waals surface area contributed by atoms with Crippen LogP contribution in [-0.2, 0) is 5.41 Å². The third kappa shape index (κ3) is 7.57. The van der Waals surface area contributed by atoms with Crippen LogP contribution in [0.25, 0.3) is 0 Å². The van der Waals surface area contributed by atoms with E-state index in [-0.39, 0.29) is 11.0 Å². The van der Waals surface area contributed by atoms with Crippen LogP contribution in [0.15, 0.2) is 107 Å². The van der Waals surface area contributed by atoms with Crippen LogP contribution in [0.1, 0.15) is 66.4 Å². The second-order valence-corrected chi connectivity index (χ2v) is 11.2. The molecule has 0 bridgehead atoms. The summed E-state index contributed by atoms with van der Waals surface area (Å²) in [5.74, 6) is 0. The monoisotopic (exact) mass is 518 g/mol. The highest BCUT2D eigenvalue weighted by Crippen LogP contribution is 2.29. The normalized spacial score (nSPS) is 13.4. The minimum atomic E-state index is 0.118. The number of hydrogen-bond acceptors (Lipinski definition) is 4. The zero-order chi connectivity index (χ0) is 27.9. The fourth-order valence-corrected chi connectivity index (χ4v) is 4.29. The summed E-state index contributed by atoms with van der Waals surface area (Å²) < 4.78 is 0. The van der Waals surface area contributed by atoms with E-state index in [0.717, 1.165) is 59.1 Å². The first-order valence-electron chi connectivity index (χ1n) is 14.1.